The Balaban J connectivity index is 2.59. The number of carbonyl (C=O) groups is 1. The average molecular weight is 224 g/mol. The molecule has 0 saturated carbocycles. The smallest absolute Gasteiger partial charge is 0.344 e. The minimum absolute atomic E-state index is 0.0829. The molecule has 88 valence electrons. The Kier molecular flexibility index (Phi) is 4.64. The van der Waals surface area contributed by atoms with E-state index in [1.165, 1.54) is 0 Å². The van der Waals surface area contributed by atoms with Gasteiger partial charge < -0.3 is 14.2 Å². The highest BCUT2D eigenvalue weighted by Crippen LogP contribution is 2.22. The van der Waals surface area contributed by atoms with Crippen molar-refractivity contribution in [3.05, 3.63) is 23.8 Å². The number of hydrogen-bond acceptors (Lipinski definition) is 4. The highest BCUT2D eigenvalue weighted by Gasteiger charge is 2.04. The topological polar surface area (TPSA) is 44.8 Å². The van der Waals surface area contributed by atoms with E-state index < -0.39 is 0 Å². The van der Waals surface area contributed by atoms with Gasteiger partial charge in [-0.1, -0.05) is 0 Å². The van der Waals surface area contributed by atoms with Gasteiger partial charge in [-0.05, 0) is 31.5 Å². The van der Waals surface area contributed by atoms with Gasteiger partial charge in [-0.2, -0.15) is 0 Å². The van der Waals surface area contributed by atoms with E-state index in [1.54, 1.807) is 20.1 Å². The first-order valence-corrected chi connectivity index (χ1v) is 5.09. The standard InChI is InChI=1S/C12H16O4/c1-4-15-12(13)8-16-11-6-9(2)5-10(7-11)14-3/h5-7H,4,8H2,1-3H3. The molecule has 0 aliphatic heterocycles. The second kappa shape index (κ2) is 6.00. The SMILES string of the molecule is CCOC(=O)COc1cc(C)cc(OC)c1. The van der Waals surface area contributed by atoms with Crippen LogP contribution >= 0.6 is 0 Å². The second-order valence-electron chi connectivity index (χ2n) is 3.28. The van der Waals surface area contributed by atoms with Crippen LogP contribution in [-0.4, -0.2) is 26.3 Å². The average Bonchev–Trinajstić information content (AvgIpc) is 2.26. The van der Waals surface area contributed by atoms with E-state index in [1.807, 2.05) is 19.1 Å². The summed E-state index contributed by atoms with van der Waals surface area (Å²) >= 11 is 0. The zero-order chi connectivity index (χ0) is 12.0. The fourth-order valence-corrected chi connectivity index (χ4v) is 1.26. The van der Waals surface area contributed by atoms with Gasteiger partial charge in [0.15, 0.2) is 6.61 Å². The molecule has 0 aliphatic rings. The van der Waals surface area contributed by atoms with Crippen molar-refractivity contribution in [1.82, 2.24) is 0 Å². The van der Waals surface area contributed by atoms with Gasteiger partial charge in [-0.25, -0.2) is 4.79 Å². The van der Waals surface area contributed by atoms with Gasteiger partial charge in [0.1, 0.15) is 11.5 Å². The molecule has 1 rings (SSSR count). The quantitative estimate of drug-likeness (QED) is 0.717. The molecule has 0 N–H and O–H groups in total. The molecular weight excluding hydrogens is 208 g/mol. The van der Waals surface area contributed by atoms with Crippen LogP contribution in [0.4, 0.5) is 0 Å². The van der Waals surface area contributed by atoms with Gasteiger partial charge in [0.2, 0.25) is 0 Å². The minimum atomic E-state index is -0.372. The maximum absolute atomic E-state index is 11.1. The number of benzene rings is 1. The van der Waals surface area contributed by atoms with Gasteiger partial charge >= 0.3 is 5.97 Å². The van der Waals surface area contributed by atoms with Crippen molar-refractivity contribution in [3.63, 3.8) is 0 Å². The van der Waals surface area contributed by atoms with Crippen molar-refractivity contribution >= 4 is 5.97 Å². The lowest BCUT2D eigenvalue weighted by atomic mass is 10.2. The Bertz CT molecular complexity index is 360. The van der Waals surface area contributed by atoms with Crippen molar-refractivity contribution in [1.29, 1.82) is 0 Å². The van der Waals surface area contributed by atoms with E-state index in [0.29, 0.717) is 18.1 Å². The number of methoxy groups -OCH3 is 1. The summed E-state index contributed by atoms with van der Waals surface area (Å²) in [5.41, 5.74) is 1.01. The van der Waals surface area contributed by atoms with Gasteiger partial charge in [0.25, 0.3) is 0 Å². The van der Waals surface area contributed by atoms with Crippen LogP contribution in [0.1, 0.15) is 12.5 Å². The Morgan fingerprint density at radius 3 is 2.56 bits per heavy atom. The lowest BCUT2D eigenvalue weighted by Crippen LogP contribution is -2.14. The molecule has 0 aliphatic carbocycles. The number of aryl methyl sites for hydroxylation is 1. The molecule has 0 amide bonds. The van der Waals surface area contributed by atoms with Crippen LogP contribution in [0.2, 0.25) is 0 Å². The molecule has 0 aromatic heterocycles. The Morgan fingerprint density at radius 2 is 1.94 bits per heavy atom. The third-order valence-electron chi connectivity index (χ3n) is 1.92. The van der Waals surface area contributed by atoms with Crippen molar-refractivity contribution in [2.45, 2.75) is 13.8 Å². The van der Waals surface area contributed by atoms with E-state index in [4.69, 9.17) is 14.2 Å². The van der Waals surface area contributed by atoms with Crippen LogP contribution in [0.3, 0.4) is 0 Å². The van der Waals surface area contributed by atoms with Gasteiger partial charge in [0, 0.05) is 6.07 Å². The maximum atomic E-state index is 11.1. The molecule has 16 heavy (non-hydrogen) atoms. The molecule has 4 heteroatoms. The predicted octanol–water partition coefficient (Wildman–Crippen LogP) is 1.95. The number of ether oxygens (including phenoxy) is 3. The molecule has 4 nitrogen and oxygen atoms in total. The summed E-state index contributed by atoms with van der Waals surface area (Å²) in [5, 5.41) is 0. The molecule has 0 unspecified atom stereocenters. The normalized spacial score (nSPS) is 9.69. The van der Waals surface area contributed by atoms with Crippen molar-refractivity contribution in [2.24, 2.45) is 0 Å². The molecule has 0 saturated heterocycles. The zero-order valence-electron chi connectivity index (χ0n) is 9.78. The number of carbonyl (C=O) groups excluding carboxylic acids is 1. The fraction of sp³-hybridized carbons (Fsp3) is 0.417. The van der Waals surface area contributed by atoms with Crippen LogP contribution in [-0.2, 0) is 9.53 Å². The van der Waals surface area contributed by atoms with E-state index >= 15 is 0 Å². The highest BCUT2D eigenvalue weighted by atomic mass is 16.6. The first-order valence-electron chi connectivity index (χ1n) is 5.09. The molecule has 0 atom stereocenters. The zero-order valence-corrected chi connectivity index (χ0v) is 9.78. The maximum Gasteiger partial charge on any atom is 0.344 e. The van der Waals surface area contributed by atoms with Gasteiger partial charge in [0.05, 0.1) is 13.7 Å². The largest absolute Gasteiger partial charge is 0.497 e. The van der Waals surface area contributed by atoms with Crippen molar-refractivity contribution < 1.29 is 19.0 Å². The van der Waals surface area contributed by atoms with E-state index in [2.05, 4.69) is 0 Å². The molecule has 0 heterocycles. The molecule has 0 radical (unpaired) electrons. The summed E-state index contributed by atoms with van der Waals surface area (Å²) in [6.45, 7) is 3.97. The third kappa shape index (κ3) is 3.81. The molecule has 1 aromatic carbocycles. The van der Waals surface area contributed by atoms with E-state index in [-0.39, 0.29) is 12.6 Å². The molecule has 0 spiro atoms. The Labute approximate surface area is 95.1 Å². The highest BCUT2D eigenvalue weighted by molar-refractivity contribution is 5.71. The number of hydrogen-bond donors (Lipinski definition) is 0. The van der Waals surface area contributed by atoms with E-state index in [0.717, 1.165) is 5.56 Å². The first kappa shape index (κ1) is 12.4. The van der Waals surface area contributed by atoms with Crippen molar-refractivity contribution in [2.75, 3.05) is 20.3 Å². The van der Waals surface area contributed by atoms with Gasteiger partial charge in [-0.3, -0.25) is 0 Å². The summed E-state index contributed by atoms with van der Waals surface area (Å²) < 4.78 is 15.1. The minimum Gasteiger partial charge on any atom is -0.497 e. The van der Waals surface area contributed by atoms with Crippen LogP contribution in [0.5, 0.6) is 11.5 Å². The molecule has 0 fully saturated rings. The molecule has 1 aromatic rings. The second-order valence-corrected chi connectivity index (χ2v) is 3.28. The number of rotatable bonds is 5. The first-order chi connectivity index (χ1) is 7.65. The van der Waals surface area contributed by atoms with Crippen LogP contribution in [0.25, 0.3) is 0 Å². The van der Waals surface area contributed by atoms with Crippen LogP contribution in [0.15, 0.2) is 18.2 Å². The molecular formula is C12H16O4. The predicted molar refractivity (Wildman–Crippen MR) is 59.9 cm³/mol. The van der Waals surface area contributed by atoms with Gasteiger partial charge in [-0.15, -0.1) is 0 Å². The number of esters is 1. The monoisotopic (exact) mass is 224 g/mol. The van der Waals surface area contributed by atoms with Crippen molar-refractivity contribution in [3.8, 4) is 11.5 Å². The molecule has 0 bridgehead atoms. The van der Waals surface area contributed by atoms with Crippen LogP contribution < -0.4 is 9.47 Å². The van der Waals surface area contributed by atoms with E-state index in [9.17, 15) is 4.79 Å². The lowest BCUT2D eigenvalue weighted by molar-refractivity contribution is -0.145. The Morgan fingerprint density at radius 1 is 1.25 bits per heavy atom. The summed E-state index contributed by atoms with van der Waals surface area (Å²) in [5.74, 6) is 0.937. The summed E-state index contributed by atoms with van der Waals surface area (Å²) in [6, 6.07) is 5.45. The fourth-order valence-electron chi connectivity index (χ4n) is 1.26. The Hall–Kier alpha value is -1.71. The summed E-state index contributed by atoms with van der Waals surface area (Å²) in [4.78, 5) is 11.1. The van der Waals surface area contributed by atoms with Crippen LogP contribution in [0, 0.1) is 6.92 Å². The lowest BCUT2D eigenvalue weighted by Gasteiger charge is -2.08. The third-order valence-corrected chi connectivity index (χ3v) is 1.92. The summed E-state index contributed by atoms with van der Waals surface area (Å²) in [7, 11) is 1.59. The summed E-state index contributed by atoms with van der Waals surface area (Å²) in [6.07, 6.45) is 0.